The first-order valence-electron chi connectivity index (χ1n) is 6.89. The number of benzene rings is 1. The third-order valence-corrected chi connectivity index (χ3v) is 3.92. The first-order valence-corrected chi connectivity index (χ1v) is 6.89. The monoisotopic (exact) mass is 271 g/mol. The molecule has 0 aromatic heterocycles. The minimum atomic E-state index is 0.101. The lowest BCUT2D eigenvalue weighted by molar-refractivity contribution is -0.140. The third kappa shape index (κ3) is 2.47. The molecule has 3 rings (SSSR count). The minimum absolute atomic E-state index is 0.101. The second-order valence-electron chi connectivity index (χ2n) is 5.20. The van der Waals surface area contributed by atoms with Gasteiger partial charge in [-0.25, -0.2) is 0 Å². The molecule has 0 aliphatic carbocycles. The predicted octanol–water partition coefficient (Wildman–Crippen LogP) is 0.853. The predicted molar refractivity (Wildman–Crippen MR) is 74.3 cm³/mol. The number of carbonyl (C=O) groups excluding carboxylic acids is 1. The molecule has 0 spiro atoms. The van der Waals surface area contributed by atoms with Crippen LogP contribution in [0.3, 0.4) is 0 Å². The van der Waals surface area contributed by atoms with Crippen LogP contribution in [0.25, 0.3) is 0 Å². The molecule has 1 aromatic carbocycles. The maximum absolute atomic E-state index is 12.3. The van der Waals surface area contributed by atoms with Gasteiger partial charge in [-0.05, 0) is 24.3 Å². The highest BCUT2D eigenvalue weighted by Gasteiger charge is 2.35. The fraction of sp³-hybridized carbons (Fsp3) is 0.467. The lowest BCUT2D eigenvalue weighted by atomic mass is 9.97. The van der Waals surface area contributed by atoms with Crippen molar-refractivity contribution in [3.8, 4) is 6.07 Å². The molecule has 1 amide bonds. The van der Waals surface area contributed by atoms with Gasteiger partial charge in [0.15, 0.2) is 0 Å². The van der Waals surface area contributed by atoms with Gasteiger partial charge in [0.05, 0.1) is 30.8 Å². The summed E-state index contributed by atoms with van der Waals surface area (Å²) in [6, 6.07) is 9.61. The number of anilines is 1. The van der Waals surface area contributed by atoms with Crippen LogP contribution in [-0.4, -0.2) is 50.2 Å². The molecule has 1 aromatic rings. The molecule has 2 aliphatic heterocycles. The zero-order chi connectivity index (χ0) is 13.9. The Hall–Kier alpha value is -2.06. The Morgan fingerprint density at radius 1 is 1.20 bits per heavy atom. The first kappa shape index (κ1) is 12.9. The Kier molecular flexibility index (Phi) is 3.57. The van der Waals surface area contributed by atoms with Crippen molar-refractivity contribution in [1.82, 2.24) is 4.90 Å². The van der Waals surface area contributed by atoms with Crippen LogP contribution >= 0.6 is 0 Å². The van der Waals surface area contributed by atoms with Gasteiger partial charge in [0.1, 0.15) is 0 Å². The zero-order valence-electron chi connectivity index (χ0n) is 11.3. The van der Waals surface area contributed by atoms with E-state index in [0.717, 1.165) is 18.8 Å². The fourth-order valence-corrected chi connectivity index (χ4v) is 2.63. The highest BCUT2D eigenvalue weighted by Crippen LogP contribution is 2.26. The molecule has 2 fully saturated rings. The van der Waals surface area contributed by atoms with Crippen LogP contribution in [0.15, 0.2) is 24.3 Å². The summed E-state index contributed by atoms with van der Waals surface area (Å²) in [7, 11) is 0. The zero-order valence-corrected chi connectivity index (χ0v) is 11.3. The molecular weight excluding hydrogens is 254 g/mol. The summed E-state index contributed by atoms with van der Waals surface area (Å²) in [6.45, 7) is 4.26. The van der Waals surface area contributed by atoms with Gasteiger partial charge in [-0.1, -0.05) is 0 Å². The Morgan fingerprint density at radius 2 is 1.85 bits per heavy atom. The van der Waals surface area contributed by atoms with Gasteiger partial charge < -0.3 is 14.5 Å². The first-order chi connectivity index (χ1) is 9.78. The summed E-state index contributed by atoms with van der Waals surface area (Å²) in [4.78, 5) is 16.3. The van der Waals surface area contributed by atoms with Crippen LogP contribution in [0.4, 0.5) is 5.69 Å². The van der Waals surface area contributed by atoms with E-state index in [9.17, 15) is 4.79 Å². The SMILES string of the molecule is N#Cc1ccc(N2CC(C(=O)N3CCOCC3)C2)cc1. The van der Waals surface area contributed by atoms with Crippen LogP contribution in [0, 0.1) is 17.2 Å². The van der Waals surface area contributed by atoms with Crippen LogP contribution in [0.5, 0.6) is 0 Å². The fourth-order valence-electron chi connectivity index (χ4n) is 2.63. The summed E-state index contributed by atoms with van der Waals surface area (Å²) in [5.41, 5.74) is 1.74. The van der Waals surface area contributed by atoms with E-state index in [-0.39, 0.29) is 11.8 Å². The molecule has 0 radical (unpaired) electrons. The van der Waals surface area contributed by atoms with Gasteiger partial charge in [0.2, 0.25) is 5.91 Å². The second kappa shape index (κ2) is 5.51. The van der Waals surface area contributed by atoms with Gasteiger partial charge in [0, 0.05) is 31.9 Å². The molecule has 2 heterocycles. The van der Waals surface area contributed by atoms with Crippen LogP contribution in [-0.2, 0) is 9.53 Å². The Morgan fingerprint density at radius 3 is 2.45 bits per heavy atom. The molecule has 0 saturated carbocycles. The molecule has 5 nitrogen and oxygen atoms in total. The minimum Gasteiger partial charge on any atom is -0.378 e. The summed E-state index contributed by atoms with van der Waals surface area (Å²) in [5, 5.41) is 8.77. The average Bonchev–Trinajstić information content (AvgIpc) is 2.47. The Balaban J connectivity index is 1.55. The largest absolute Gasteiger partial charge is 0.378 e. The molecule has 0 bridgehead atoms. The number of morpholine rings is 1. The molecule has 20 heavy (non-hydrogen) atoms. The highest BCUT2D eigenvalue weighted by atomic mass is 16.5. The Bertz CT molecular complexity index is 523. The molecule has 2 saturated heterocycles. The highest BCUT2D eigenvalue weighted by molar-refractivity contribution is 5.82. The molecule has 0 N–H and O–H groups in total. The Labute approximate surface area is 118 Å². The lowest BCUT2D eigenvalue weighted by Gasteiger charge is -2.42. The van der Waals surface area contributed by atoms with Crippen molar-refractivity contribution in [2.24, 2.45) is 5.92 Å². The van der Waals surface area contributed by atoms with E-state index in [4.69, 9.17) is 10.00 Å². The number of hydrogen-bond acceptors (Lipinski definition) is 4. The third-order valence-electron chi connectivity index (χ3n) is 3.92. The van der Waals surface area contributed by atoms with Gasteiger partial charge in [-0.15, -0.1) is 0 Å². The number of ether oxygens (including phenoxy) is 1. The van der Waals surface area contributed by atoms with Gasteiger partial charge in [-0.3, -0.25) is 4.79 Å². The summed E-state index contributed by atoms with van der Waals surface area (Å²) in [5.74, 6) is 0.349. The molecular formula is C15H17N3O2. The maximum atomic E-state index is 12.3. The number of rotatable bonds is 2. The van der Waals surface area contributed by atoms with E-state index < -0.39 is 0 Å². The van der Waals surface area contributed by atoms with E-state index in [2.05, 4.69) is 11.0 Å². The summed E-state index contributed by atoms with van der Waals surface area (Å²) in [6.07, 6.45) is 0. The van der Waals surface area contributed by atoms with Crippen molar-refractivity contribution < 1.29 is 9.53 Å². The second-order valence-corrected chi connectivity index (χ2v) is 5.20. The van der Waals surface area contributed by atoms with Crippen molar-refractivity contribution in [1.29, 1.82) is 5.26 Å². The molecule has 5 heteroatoms. The van der Waals surface area contributed by atoms with E-state index in [1.165, 1.54) is 0 Å². The average molecular weight is 271 g/mol. The molecule has 2 aliphatic rings. The number of nitrogens with zero attached hydrogens (tertiary/aromatic N) is 3. The molecule has 0 unspecified atom stereocenters. The topological polar surface area (TPSA) is 56.6 Å². The van der Waals surface area contributed by atoms with Gasteiger partial charge >= 0.3 is 0 Å². The standard InChI is InChI=1S/C15H17N3O2/c16-9-12-1-3-14(4-2-12)18-10-13(11-18)15(19)17-5-7-20-8-6-17/h1-4,13H,5-8,10-11H2. The van der Waals surface area contributed by atoms with Crippen molar-refractivity contribution in [3.05, 3.63) is 29.8 Å². The number of amides is 1. The van der Waals surface area contributed by atoms with Crippen molar-refractivity contribution in [3.63, 3.8) is 0 Å². The van der Waals surface area contributed by atoms with Crippen LogP contribution in [0.1, 0.15) is 5.56 Å². The molecule has 104 valence electrons. The van der Waals surface area contributed by atoms with Crippen molar-refractivity contribution in [2.45, 2.75) is 0 Å². The maximum Gasteiger partial charge on any atom is 0.229 e. The van der Waals surface area contributed by atoms with Crippen LogP contribution in [0.2, 0.25) is 0 Å². The quantitative estimate of drug-likeness (QED) is 0.800. The van der Waals surface area contributed by atoms with Gasteiger partial charge in [-0.2, -0.15) is 5.26 Å². The van der Waals surface area contributed by atoms with Crippen molar-refractivity contribution in [2.75, 3.05) is 44.3 Å². The number of hydrogen-bond donors (Lipinski definition) is 0. The summed E-state index contributed by atoms with van der Waals surface area (Å²) < 4.78 is 5.26. The summed E-state index contributed by atoms with van der Waals surface area (Å²) >= 11 is 0. The van der Waals surface area contributed by atoms with Gasteiger partial charge in [0.25, 0.3) is 0 Å². The van der Waals surface area contributed by atoms with E-state index >= 15 is 0 Å². The van der Waals surface area contributed by atoms with E-state index in [0.29, 0.717) is 31.9 Å². The smallest absolute Gasteiger partial charge is 0.229 e. The molecule has 0 atom stereocenters. The lowest BCUT2D eigenvalue weighted by Crippen LogP contribution is -2.56. The van der Waals surface area contributed by atoms with E-state index in [1.54, 1.807) is 0 Å². The number of carbonyl (C=O) groups is 1. The van der Waals surface area contributed by atoms with Crippen LogP contribution < -0.4 is 4.90 Å². The number of nitriles is 1. The van der Waals surface area contributed by atoms with E-state index in [1.807, 2.05) is 29.2 Å². The normalized spacial score (nSPS) is 19.4. The van der Waals surface area contributed by atoms with Crippen molar-refractivity contribution >= 4 is 11.6 Å².